The van der Waals surface area contributed by atoms with E-state index in [9.17, 15) is 0 Å². The second kappa shape index (κ2) is 10.5. The first-order chi connectivity index (χ1) is 26.4. The number of hydrogen-bond donors (Lipinski definition) is 0. The maximum Gasteiger partial charge on any atom is 0.250 e. The van der Waals surface area contributed by atoms with Gasteiger partial charge < -0.3 is 0 Å². The summed E-state index contributed by atoms with van der Waals surface area (Å²) in [6.07, 6.45) is 0. The molecule has 12 rings (SSSR count). The van der Waals surface area contributed by atoms with Crippen LogP contribution >= 0.6 is 0 Å². The van der Waals surface area contributed by atoms with E-state index in [-0.39, 0.29) is 13.4 Å². The van der Waals surface area contributed by atoms with Crippen LogP contribution in [-0.4, -0.2) is 26.8 Å². The van der Waals surface area contributed by atoms with E-state index in [1.165, 1.54) is 121 Å². The van der Waals surface area contributed by atoms with Crippen LogP contribution in [0.4, 0.5) is 0 Å². The Morgan fingerprint density at radius 3 is 1.46 bits per heavy atom. The SMILES string of the molecule is Cc1cc2c3c(c1)B(c1c(C)cccc1C)c1c4ccccc4n4c5c6ccccc6ccc5n5c6ccccc6c(c5n-3c14)B2c1c(C)cccc1C. The molecule has 54 heavy (non-hydrogen) atoms. The first-order valence-corrected chi connectivity index (χ1v) is 19.3. The van der Waals surface area contributed by atoms with Gasteiger partial charge in [-0.05, 0) is 90.8 Å². The highest BCUT2D eigenvalue weighted by atomic mass is 15.2. The molecule has 0 N–H and O–H groups in total. The van der Waals surface area contributed by atoms with Crippen molar-refractivity contribution in [3.05, 3.63) is 161 Å². The predicted molar refractivity (Wildman–Crippen MR) is 232 cm³/mol. The molecule has 5 heterocycles. The minimum atomic E-state index is 0.0479. The van der Waals surface area contributed by atoms with Crippen molar-refractivity contribution in [2.75, 3.05) is 0 Å². The molecule has 0 saturated heterocycles. The van der Waals surface area contributed by atoms with Gasteiger partial charge in [0.15, 0.2) is 0 Å². The number of nitrogens with zero attached hydrogens (tertiary/aromatic N) is 3. The Labute approximate surface area is 314 Å². The lowest BCUT2D eigenvalue weighted by Crippen LogP contribution is -2.64. The van der Waals surface area contributed by atoms with Crippen LogP contribution in [0.25, 0.3) is 60.6 Å². The molecule has 0 unspecified atom stereocenters. The molecule has 5 heteroatoms. The van der Waals surface area contributed by atoms with Gasteiger partial charge in [-0.2, -0.15) is 0 Å². The molecule has 10 aromatic rings. The van der Waals surface area contributed by atoms with E-state index in [2.05, 4.69) is 181 Å². The smallest absolute Gasteiger partial charge is 0.250 e. The lowest BCUT2D eigenvalue weighted by Gasteiger charge is -2.35. The van der Waals surface area contributed by atoms with Gasteiger partial charge in [0.05, 0.1) is 22.1 Å². The molecule has 0 saturated carbocycles. The van der Waals surface area contributed by atoms with E-state index in [0.717, 1.165) is 0 Å². The third-order valence-electron chi connectivity index (χ3n) is 12.9. The molecule has 7 aromatic carbocycles. The van der Waals surface area contributed by atoms with Crippen LogP contribution in [-0.2, 0) is 0 Å². The van der Waals surface area contributed by atoms with Gasteiger partial charge in [-0.25, -0.2) is 0 Å². The Morgan fingerprint density at radius 2 is 0.889 bits per heavy atom. The summed E-state index contributed by atoms with van der Waals surface area (Å²) in [4.78, 5) is 0. The molecular formula is C49H37B2N3. The first-order valence-electron chi connectivity index (χ1n) is 19.3. The summed E-state index contributed by atoms with van der Waals surface area (Å²) in [5.41, 5.74) is 23.9. The third-order valence-corrected chi connectivity index (χ3v) is 12.9. The largest absolute Gasteiger partial charge is 0.294 e. The molecular weight excluding hydrogens is 652 g/mol. The molecule has 0 aliphatic carbocycles. The van der Waals surface area contributed by atoms with Gasteiger partial charge in [0.1, 0.15) is 11.3 Å². The third kappa shape index (κ3) is 3.60. The van der Waals surface area contributed by atoms with E-state index >= 15 is 0 Å². The van der Waals surface area contributed by atoms with Crippen molar-refractivity contribution in [2.24, 2.45) is 0 Å². The van der Waals surface area contributed by atoms with Crippen molar-refractivity contribution in [3.63, 3.8) is 0 Å². The van der Waals surface area contributed by atoms with E-state index in [4.69, 9.17) is 0 Å². The number of benzene rings is 7. The zero-order valence-electron chi connectivity index (χ0n) is 31.2. The molecule has 0 atom stereocenters. The normalized spacial score (nSPS) is 13.2. The minimum Gasteiger partial charge on any atom is -0.294 e. The van der Waals surface area contributed by atoms with Crippen molar-refractivity contribution < 1.29 is 0 Å². The molecule has 0 fully saturated rings. The summed E-state index contributed by atoms with van der Waals surface area (Å²) >= 11 is 0. The predicted octanol–water partition coefficient (Wildman–Crippen LogP) is 7.36. The summed E-state index contributed by atoms with van der Waals surface area (Å²) in [5.74, 6) is 0. The van der Waals surface area contributed by atoms with E-state index in [1.807, 2.05) is 0 Å². The highest BCUT2D eigenvalue weighted by Crippen LogP contribution is 2.37. The lowest BCUT2D eigenvalue weighted by molar-refractivity contribution is 1.09. The number of fused-ring (bicyclic) bond motifs is 11. The van der Waals surface area contributed by atoms with Crippen molar-refractivity contribution in [1.29, 1.82) is 0 Å². The molecule has 0 spiro atoms. The van der Waals surface area contributed by atoms with Crippen LogP contribution in [0.1, 0.15) is 27.8 Å². The highest BCUT2D eigenvalue weighted by Gasteiger charge is 2.45. The first kappa shape index (κ1) is 30.3. The maximum atomic E-state index is 2.71. The summed E-state index contributed by atoms with van der Waals surface area (Å²) < 4.78 is 7.96. The molecule has 3 aromatic heterocycles. The molecule has 0 radical (unpaired) electrons. The summed E-state index contributed by atoms with van der Waals surface area (Å²) in [5, 5.41) is 5.14. The van der Waals surface area contributed by atoms with Gasteiger partial charge in [0, 0.05) is 11.1 Å². The molecule has 3 nitrogen and oxygen atoms in total. The fourth-order valence-electron chi connectivity index (χ4n) is 11.0. The number of para-hydroxylation sites is 2. The summed E-state index contributed by atoms with van der Waals surface area (Å²) in [6.45, 7) is 11.7. The van der Waals surface area contributed by atoms with E-state index in [0.29, 0.717) is 0 Å². The molecule has 0 amide bonds. The molecule has 2 aliphatic heterocycles. The average molecular weight is 689 g/mol. The number of aryl methyl sites for hydroxylation is 5. The van der Waals surface area contributed by atoms with Crippen molar-refractivity contribution in [3.8, 4) is 5.69 Å². The van der Waals surface area contributed by atoms with Crippen molar-refractivity contribution in [2.45, 2.75) is 34.6 Å². The Hall–Kier alpha value is -6.19. The molecule has 0 bridgehead atoms. The minimum absolute atomic E-state index is 0.0479. The van der Waals surface area contributed by atoms with Gasteiger partial charge >= 0.3 is 0 Å². The van der Waals surface area contributed by atoms with Gasteiger partial charge in [-0.15, -0.1) is 0 Å². The average Bonchev–Trinajstić information content (AvgIpc) is 3.64. The molecule has 254 valence electrons. The Morgan fingerprint density at radius 1 is 0.407 bits per heavy atom. The second-order valence-corrected chi connectivity index (χ2v) is 15.9. The van der Waals surface area contributed by atoms with Gasteiger partial charge in [-0.1, -0.05) is 154 Å². The quantitative estimate of drug-likeness (QED) is 0.169. The van der Waals surface area contributed by atoms with Crippen LogP contribution < -0.4 is 32.8 Å². The van der Waals surface area contributed by atoms with Crippen molar-refractivity contribution in [1.82, 2.24) is 13.4 Å². The van der Waals surface area contributed by atoms with Gasteiger partial charge in [0.25, 0.3) is 0 Å². The fourth-order valence-corrected chi connectivity index (χ4v) is 11.0. The molecule has 2 aliphatic rings. The maximum absolute atomic E-state index is 2.71. The standard InChI is InChI=1S/C49H37B2N3/c1-28-26-37-47-38(27-28)51(43-31(4)16-13-17-32(43)5)45-36-21-9-11-23-40(36)53-46-34-19-7-6-18-33(34)24-25-41(46)52-39-22-10-8-20-35(39)44(48(52)54(47)49(45)53)50(37)42-29(2)14-12-15-30(42)3/h6-27H,1-5H3. The van der Waals surface area contributed by atoms with Gasteiger partial charge in [-0.3, -0.25) is 13.4 Å². The highest BCUT2D eigenvalue weighted by molar-refractivity contribution is 7.03. The fraction of sp³-hybridized carbons (Fsp3) is 0.102. The monoisotopic (exact) mass is 689 g/mol. The Balaban J connectivity index is 1.49. The second-order valence-electron chi connectivity index (χ2n) is 15.9. The van der Waals surface area contributed by atoms with Crippen LogP contribution in [0.5, 0.6) is 0 Å². The Kier molecular flexibility index (Phi) is 5.88. The van der Waals surface area contributed by atoms with E-state index < -0.39 is 0 Å². The number of aromatic nitrogens is 3. The number of hydrogen-bond acceptors (Lipinski definition) is 0. The number of rotatable bonds is 2. The topological polar surface area (TPSA) is 13.8 Å². The van der Waals surface area contributed by atoms with Crippen LogP contribution in [0.3, 0.4) is 0 Å². The van der Waals surface area contributed by atoms with Crippen molar-refractivity contribution >= 4 is 101 Å². The van der Waals surface area contributed by atoms with Crippen LogP contribution in [0.2, 0.25) is 0 Å². The van der Waals surface area contributed by atoms with E-state index in [1.54, 1.807) is 0 Å². The summed E-state index contributed by atoms with van der Waals surface area (Å²) in [7, 11) is 0. The van der Waals surface area contributed by atoms with Gasteiger partial charge in [0.2, 0.25) is 13.4 Å². The van der Waals surface area contributed by atoms with Crippen LogP contribution in [0, 0.1) is 34.6 Å². The van der Waals surface area contributed by atoms with Crippen LogP contribution in [0.15, 0.2) is 133 Å². The lowest BCUT2D eigenvalue weighted by atomic mass is 9.30. The summed E-state index contributed by atoms with van der Waals surface area (Å²) in [6, 6.07) is 50.7. The Bertz CT molecular complexity index is 3300. The zero-order chi connectivity index (χ0) is 36.1. The zero-order valence-corrected chi connectivity index (χ0v) is 31.2.